The first-order chi connectivity index (χ1) is 64.1. The van der Waals surface area contributed by atoms with Gasteiger partial charge in [-0.15, -0.1) is 0 Å². The van der Waals surface area contributed by atoms with Gasteiger partial charge >= 0.3 is 40.5 Å². The van der Waals surface area contributed by atoms with Gasteiger partial charge in [0, 0.05) is 124 Å². The molecule has 1 saturated carbocycles. The number of hydrogen-bond acceptors (Lipinski definition) is 16. The normalized spacial score (nSPS) is 14.2. The van der Waals surface area contributed by atoms with Gasteiger partial charge in [-0.2, -0.15) is 15.8 Å². The number of anilines is 6. The predicted molar refractivity (Wildman–Crippen MR) is 526 cm³/mol. The molecule has 132 heavy (non-hydrogen) atoms. The fraction of sp³-hybridized carbons (Fsp3) is 0.250. The zero-order chi connectivity index (χ0) is 92.9. The van der Waals surface area contributed by atoms with Gasteiger partial charge in [0.15, 0.2) is 7.05 Å². The maximum atomic E-state index is 13.8. The van der Waals surface area contributed by atoms with Gasteiger partial charge in [-0.1, -0.05) is 187 Å². The van der Waals surface area contributed by atoms with Crippen LogP contribution in [0.15, 0.2) is 238 Å². The van der Waals surface area contributed by atoms with Crippen molar-refractivity contribution in [2.24, 2.45) is 0 Å². The Labute approximate surface area is 814 Å². The molecule has 8 heterocycles. The summed E-state index contributed by atoms with van der Waals surface area (Å²) in [6.45, 7) is 7.53. The van der Waals surface area contributed by atoms with E-state index < -0.39 is 22.4 Å². The van der Waals surface area contributed by atoms with E-state index in [2.05, 4.69) is 162 Å². The average molecular weight is 2070 g/mol. The quantitative estimate of drug-likeness (QED) is 0.0279. The van der Waals surface area contributed by atoms with E-state index in [1.807, 2.05) is 110 Å². The van der Waals surface area contributed by atoms with Gasteiger partial charge in [0.2, 0.25) is 0 Å². The molecule has 4 N–H and O–H groups in total. The zero-order valence-corrected chi connectivity index (χ0v) is 82.6. The van der Waals surface area contributed by atoms with E-state index in [0.29, 0.717) is 136 Å². The molecule has 0 radical (unpaired) electrons. The SMILES string of the molecule is CCN1CCC(n2cnc(C(Cc3cc(Cl)c4ncc(C#N)c(Nc5ccc(F)c(Cl)c5)c4c3)c3ccccc3)c2)CC1.C[N+](=O)[O-].N#Cc1cnc2c(Cl)cc(CC(c3ccccc3)c3cn(C4CCCCC4)cn3)cc2c1Nc1ccc(F)c(Cl)c1.N#Cc1cnc2c(Cl)cc(CC(c3ccccc3)c3cn(C4CCNCC4)cn3)cc2c1Nc1ccc(F)c(Cl)c1.[Br][Zn][Br]. The van der Waals surface area contributed by atoms with Crippen molar-refractivity contribution in [1.29, 1.82) is 15.8 Å². The van der Waals surface area contributed by atoms with Crippen LogP contribution in [-0.2, 0) is 32.5 Å². The number of fused-ring (bicyclic) bond motifs is 3. The molecule has 670 valence electrons. The van der Waals surface area contributed by atoms with Crippen molar-refractivity contribution in [3.63, 3.8) is 0 Å². The Morgan fingerprint density at radius 1 is 0.455 bits per heavy atom. The van der Waals surface area contributed by atoms with Crippen molar-refractivity contribution >= 4 is 164 Å². The molecular weight excluding hydrogens is 1980 g/mol. The standard InChI is InChI=1S/C34H31Cl2FN6.C33H28Cl2FN5.C32H27Cl2FN6.CH3NO2.2BrH.Zn/c1-2-42-12-10-26(11-13-42)43-20-32(40-21-43)27(23-6-4-3-5-7-23)14-22-15-28-33(41-25-8-9-31(37)29(35)17-25)24(18-38)19-39-34(28)30(36)16-22;34-28-16-24(11-12-30(28)36)40-32-23(17-37)18-38-33-27(32)14-21(15-29(33)35)13-26(22-7-3-1-4-8-22)31-19-41(20-39-31)25-9-5-2-6-10-25;33-27-15-23(6-7-29(27)35)40-31-22(16-36)17-38-32-26(31)13-20(14-28(32)34)12-25(21-4-2-1-3-5-21)30-18-41(19-39-30)24-8-10-37-11-9-24;1-2(3)4;;;/h3-9,15-17,19-21,26-27H,2,10-14H2,1H3,(H,39,41);1,3-4,7-8,11-12,14-16,18-20,25-26H,2,5-6,9-10,13H2,(H,38,40);1-7,13-15,17-19,24-25,37H,8-12H2,(H,38,40);1H3;2*1H;/q;;;;;;+2/p-2. The molecule has 2 aliphatic heterocycles. The van der Waals surface area contributed by atoms with Crippen LogP contribution < -0.4 is 21.3 Å². The first-order valence-electron chi connectivity index (χ1n) is 43.2. The number of pyridine rings is 3. The van der Waals surface area contributed by atoms with Crippen LogP contribution in [0.5, 0.6) is 0 Å². The molecule has 3 atom stereocenters. The minimum atomic E-state index is -0.516. The summed E-state index contributed by atoms with van der Waals surface area (Å²) < 4.78 is 48.3. The number of nitriles is 3. The van der Waals surface area contributed by atoms with Crippen LogP contribution in [-0.4, -0.2) is 93.2 Å². The molecule has 20 nitrogen and oxygen atoms in total. The van der Waals surface area contributed by atoms with Crippen molar-refractivity contribution in [1.82, 2.24) is 53.8 Å². The van der Waals surface area contributed by atoms with Crippen LogP contribution >= 0.6 is 96.9 Å². The Hall–Kier alpha value is -10.9. The monoisotopic (exact) mass is 2060 g/mol. The van der Waals surface area contributed by atoms with E-state index in [4.69, 9.17) is 94.7 Å². The van der Waals surface area contributed by atoms with Crippen LogP contribution in [0.3, 0.4) is 0 Å². The third-order valence-corrected chi connectivity index (χ3v) is 25.6. The average Bonchev–Trinajstić information content (AvgIpc) is 1.00. The number of likely N-dealkylation sites (tertiary alicyclic amines) is 1. The Bertz CT molecular complexity index is 6430. The van der Waals surface area contributed by atoms with E-state index in [0.717, 1.165) is 110 Å². The molecule has 6 aromatic heterocycles. The van der Waals surface area contributed by atoms with Gasteiger partial charge in [-0.25, -0.2) is 28.1 Å². The number of piperidine rings is 2. The van der Waals surface area contributed by atoms with Gasteiger partial charge in [0.05, 0.1) is 117 Å². The molecule has 0 spiro atoms. The van der Waals surface area contributed by atoms with E-state index in [9.17, 15) is 29.0 Å². The summed E-state index contributed by atoms with van der Waals surface area (Å²) in [5, 5.41) is 55.2. The number of aromatic nitrogens is 9. The second-order valence-corrected chi connectivity index (χ2v) is 48.9. The van der Waals surface area contributed by atoms with Gasteiger partial charge in [0.25, 0.3) is 0 Å². The number of nitrogens with zero attached hydrogens (tertiary/aromatic N) is 14. The van der Waals surface area contributed by atoms with Gasteiger partial charge in [-0.3, -0.25) is 25.1 Å². The summed E-state index contributed by atoms with van der Waals surface area (Å²) in [6, 6.07) is 64.0. The van der Waals surface area contributed by atoms with Gasteiger partial charge < -0.3 is 39.9 Å². The van der Waals surface area contributed by atoms with Crippen LogP contribution in [0.1, 0.15) is 168 Å². The Morgan fingerprint density at radius 3 is 1.05 bits per heavy atom. The Kier molecular flexibility index (Phi) is 34.4. The van der Waals surface area contributed by atoms with Crippen molar-refractivity contribution in [3.8, 4) is 18.2 Å². The van der Waals surface area contributed by atoms with E-state index >= 15 is 0 Å². The molecule has 0 amide bonds. The molecule has 15 aromatic rings. The third-order valence-electron chi connectivity index (χ3n) is 23.9. The molecule has 3 aliphatic rings. The molecule has 3 fully saturated rings. The fourth-order valence-corrected chi connectivity index (χ4v) is 18.7. The van der Waals surface area contributed by atoms with Gasteiger partial charge in [0.1, 0.15) is 35.7 Å². The summed E-state index contributed by atoms with van der Waals surface area (Å²) in [5.41, 5.74) is 15.4. The summed E-state index contributed by atoms with van der Waals surface area (Å²) in [5.74, 6) is -1.55. The molecule has 3 unspecified atom stereocenters. The molecule has 32 heteroatoms. The first-order valence-corrected chi connectivity index (χ1v) is 59.3. The summed E-state index contributed by atoms with van der Waals surface area (Å²) in [6.07, 6.45) is 29.5. The van der Waals surface area contributed by atoms with Crippen molar-refractivity contribution in [2.45, 2.75) is 120 Å². The third kappa shape index (κ3) is 24.6. The number of nitro groups is 1. The van der Waals surface area contributed by atoms with Gasteiger partial charge in [-0.05, 0) is 202 Å². The van der Waals surface area contributed by atoms with Crippen LogP contribution in [0.25, 0.3) is 32.7 Å². The molecule has 2 saturated heterocycles. The number of benzene rings is 9. The first kappa shape index (κ1) is 97.2. The van der Waals surface area contributed by atoms with Crippen molar-refractivity contribution < 1.29 is 31.3 Å². The molecule has 1 aliphatic carbocycles. The van der Waals surface area contributed by atoms with Crippen LogP contribution in [0.2, 0.25) is 30.1 Å². The summed E-state index contributed by atoms with van der Waals surface area (Å²) in [4.78, 5) is 38.9. The number of imidazole rings is 3. The van der Waals surface area contributed by atoms with Crippen LogP contribution in [0.4, 0.5) is 47.3 Å². The molecule has 9 aromatic carbocycles. The Balaban J connectivity index is 0.000000154. The van der Waals surface area contributed by atoms with E-state index in [-0.39, 0.29) is 46.0 Å². The summed E-state index contributed by atoms with van der Waals surface area (Å²) in [7, 11) is 0.889. The number of hydrogen-bond donors (Lipinski definition) is 4. The van der Waals surface area contributed by atoms with Crippen LogP contribution in [0, 0.1) is 61.6 Å². The fourth-order valence-electron chi connectivity index (χ4n) is 17.3. The van der Waals surface area contributed by atoms with Crippen molar-refractivity contribution in [2.75, 3.05) is 55.7 Å². The molecular formula is C100H89Br2Cl6F3N18O2Zn. The molecule has 18 rings (SSSR count). The van der Waals surface area contributed by atoms with E-state index in [1.165, 1.54) is 92.7 Å². The topological polar surface area (TPSA) is 258 Å². The number of nitrogens with one attached hydrogen (secondary N) is 4. The second kappa shape index (κ2) is 46.7. The number of rotatable bonds is 22. The van der Waals surface area contributed by atoms with Crippen molar-refractivity contribution in [3.05, 3.63) is 363 Å². The zero-order valence-electron chi connectivity index (χ0n) is 71.9. The number of halogens is 11. The molecule has 0 bridgehead atoms. The minimum absolute atomic E-state index is 0.00731. The maximum absolute atomic E-state index is 13.8. The Morgan fingerprint density at radius 2 is 0.758 bits per heavy atom. The summed E-state index contributed by atoms with van der Waals surface area (Å²) >= 11 is 44.7. The second-order valence-electron chi connectivity index (χ2n) is 32.4. The predicted octanol–water partition coefficient (Wildman–Crippen LogP) is 27.3. The van der Waals surface area contributed by atoms with E-state index in [1.54, 1.807) is 18.2 Å².